The van der Waals surface area contributed by atoms with E-state index in [1.165, 1.54) is 37.2 Å². The zero-order valence-electron chi connectivity index (χ0n) is 23.5. The fourth-order valence-electron chi connectivity index (χ4n) is 5.28. The highest BCUT2D eigenvalue weighted by Gasteiger charge is 2.40. The van der Waals surface area contributed by atoms with E-state index in [1.807, 2.05) is 0 Å². The molecule has 224 valence electrons. The molecular weight excluding hydrogens is 542 g/mol. The van der Waals surface area contributed by atoms with Gasteiger partial charge < -0.3 is 4.79 Å². The number of benzene rings is 1. The van der Waals surface area contributed by atoms with Gasteiger partial charge in [-0.1, -0.05) is 82.4 Å². The molecule has 0 spiro atoms. The molecular formula is C32H38F6N2O. The molecule has 9 heteroatoms. The number of hydrogen-bond acceptors (Lipinski definition) is 3. The second kappa shape index (κ2) is 15.3. The Morgan fingerprint density at radius 2 is 1.29 bits per heavy atom. The van der Waals surface area contributed by atoms with Crippen molar-refractivity contribution in [3.63, 3.8) is 0 Å². The smallest absolute Gasteiger partial charge is 0.300 e. The van der Waals surface area contributed by atoms with E-state index in [9.17, 15) is 31.1 Å². The van der Waals surface area contributed by atoms with Crippen LogP contribution in [-0.2, 0) is 23.6 Å². The van der Waals surface area contributed by atoms with Crippen molar-refractivity contribution >= 4 is 16.7 Å². The maximum Gasteiger partial charge on any atom is 0.434 e. The molecule has 0 N–H and O–H groups in total. The molecule has 0 saturated carbocycles. The molecule has 0 aliphatic heterocycles. The predicted octanol–water partition coefficient (Wildman–Crippen LogP) is 10.5. The minimum Gasteiger partial charge on any atom is -0.300 e. The monoisotopic (exact) mass is 580 g/mol. The first-order chi connectivity index (χ1) is 19.5. The van der Waals surface area contributed by atoms with Crippen LogP contribution in [-0.4, -0.2) is 15.8 Å². The first-order valence-electron chi connectivity index (χ1n) is 14.5. The van der Waals surface area contributed by atoms with Gasteiger partial charge in [0.2, 0.25) is 0 Å². The van der Waals surface area contributed by atoms with Gasteiger partial charge in [0.05, 0.1) is 16.8 Å². The van der Waals surface area contributed by atoms with Crippen LogP contribution in [0.25, 0.3) is 22.2 Å². The molecule has 0 saturated heterocycles. The standard InChI is InChI=1S/C32H38F6N2O/c1-23(41)17-12-10-8-6-4-2-3-5-7-9-11-13-18-24-25-19-16-20-26(31(33,34)35)29(25)40-30(32(36,37)38)28(24)27-21-14-15-22-39-27/h14-16,19-22H,2-13,17-18H2,1H3. The van der Waals surface area contributed by atoms with Crippen LogP contribution in [0.3, 0.4) is 0 Å². The van der Waals surface area contributed by atoms with Crippen LogP contribution in [0.5, 0.6) is 0 Å². The molecule has 0 aliphatic carbocycles. The summed E-state index contributed by atoms with van der Waals surface area (Å²) in [5, 5.41) is 0.0785. The number of aryl methyl sites for hydroxylation is 1. The van der Waals surface area contributed by atoms with Gasteiger partial charge in [0, 0.05) is 23.6 Å². The highest BCUT2D eigenvalue weighted by Crippen LogP contribution is 2.43. The third-order valence-corrected chi connectivity index (χ3v) is 7.32. The number of aromatic nitrogens is 2. The first-order valence-corrected chi connectivity index (χ1v) is 14.5. The van der Waals surface area contributed by atoms with Crippen molar-refractivity contribution in [2.45, 2.75) is 109 Å². The van der Waals surface area contributed by atoms with Crippen molar-refractivity contribution < 1.29 is 31.1 Å². The molecule has 0 fully saturated rings. The van der Waals surface area contributed by atoms with Crippen molar-refractivity contribution in [2.24, 2.45) is 0 Å². The normalized spacial score (nSPS) is 12.3. The molecule has 1 aromatic carbocycles. The summed E-state index contributed by atoms with van der Waals surface area (Å²) < 4.78 is 83.9. The Kier molecular flexibility index (Phi) is 12.2. The number of carbonyl (C=O) groups is 1. The topological polar surface area (TPSA) is 42.9 Å². The van der Waals surface area contributed by atoms with Crippen LogP contribution in [0.1, 0.15) is 107 Å². The van der Waals surface area contributed by atoms with E-state index in [0.29, 0.717) is 12.8 Å². The number of rotatable bonds is 16. The molecule has 3 aromatic rings. The number of Topliss-reactive ketones (excluding diaryl/α,β-unsaturated/α-hetero) is 1. The van der Waals surface area contributed by atoms with Gasteiger partial charge in [-0.25, -0.2) is 4.98 Å². The summed E-state index contributed by atoms with van der Waals surface area (Å²) in [4.78, 5) is 18.6. The molecule has 0 aliphatic rings. The van der Waals surface area contributed by atoms with Crippen molar-refractivity contribution in [3.8, 4) is 11.3 Å². The Hall–Kier alpha value is -2.97. The number of para-hydroxylation sites is 1. The fraction of sp³-hybridized carbons (Fsp3) is 0.531. The number of unbranched alkanes of at least 4 members (excludes halogenated alkanes) is 11. The lowest BCUT2D eigenvalue weighted by Crippen LogP contribution is -2.15. The zero-order valence-corrected chi connectivity index (χ0v) is 23.5. The number of nitrogens with zero attached hydrogens (tertiary/aromatic N) is 2. The van der Waals surface area contributed by atoms with Crippen LogP contribution in [0.4, 0.5) is 26.3 Å². The Bertz CT molecular complexity index is 1260. The van der Waals surface area contributed by atoms with E-state index < -0.39 is 29.1 Å². The molecule has 41 heavy (non-hydrogen) atoms. The number of halogens is 6. The second-order valence-corrected chi connectivity index (χ2v) is 10.7. The molecule has 0 radical (unpaired) electrons. The third kappa shape index (κ3) is 9.82. The van der Waals surface area contributed by atoms with Crippen molar-refractivity contribution in [2.75, 3.05) is 0 Å². The van der Waals surface area contributed by atoms with Crippen molar-refractivity contribution in [3.05, 3.63) is 59.4 Å². The van der Waals surface area contributed by atoms with E-state index in [0.717, 1.165) is 63.9 Å². The maximum absolute atomic E-state index is 14.2. The molecule has 3 nitrogen and oxygen atoms in total. The fourth-order valence-corrected chi connectivity index (χ4v) is 5.28. The van der Waals surface area contributed by atoms with Gasteiger partial charge in [-0.15, -0.1) is 0 Å². The minimum absolute atomic E-state index is 0.0421. The summed E-state index contributed by atoms with van der Waals surface area (Å²) in [7, 11) is 0. The van der Waals surface area contributed by atoms with E-state index in [2.05, 4.69) is 9.97 Å². The van der Waals surface area contributed by atoms with Gasteiger partial charge >= 0.3 is 12.4 Å². The van der Waals surface area contributed by atoms with E-state index >= 15 is 0 Å². The second-order valence-electron chi connectivity index (χ2n) is 10.7. The van der Waals surface area contributed by atoms with Gasteiger partial charge in [-0.3, -0.25) is 4.98 Å². The minimum atomic E-state index is -4.96. The summed E-state index contributed by atoms with van der Waals surface area (Å²) >= 11 is 0. The summed E-state index contributed by atoms with van der Waals surface area (Å²) in [5.41, 5.74) is -3.19. The van der Waals surface area contributed by atoms with Crippen LogP contribution in [0.15, 0.2) is 42.6 Å². The van der Waals surface area contributed by atoms with Crippen LogP contribution >= 0.6 is 0 Å². The molecule has 2 heterocycles. The zero-order chi connectivity index (χ0) is 29.9. The number of ketones is 1. The first kappa shape index (κ1) is 32.5. The van der Waals surface area contributed by atoms with Gasteiger partial charge in [-0.05, 0) is 49.9 Å². The van der Waals surface area contributed by atoms with E-state index in [-0.39, 0.29) is 34.4 Å². The lowest BCUT2D eigenvalue weighted by Gasteiger charge is -2.20. The Labute approximate surface area is 237 Å². The van der Waals surface area contributed by atoms with Crippen LogP contribution in [0, 0.1) is 0 Å². The number of carbonyl (C=O) groups excluding carboxylic acids is 1. The predicted molar refractivity (Wildman–Crippen MR) is 149 cm³/mol. The summed E-state index contributed by atoms with van der Waals surface area (Å²) in [5.74, 6) is 0.245. The quantitative estimate of drug-likeness (QED) is 0.125. The summed E-state index contributed by atoms with van der Waals surface area (Å²) in [6.07, 6.45) is 4.58. The molecule has 0 atom stereocenters. The SMILES string of the molecule is CC(=O)CCCCCCCCCCCCCCc1c(-c2ccccn2)c(C(F)(F)F)nc2c(C(F)(F)F)cccc12. The molecule has 2 aromatic heterocycles. The highest BCUT2D eigenvalue weighted by atomic mass is 19.4. The molecule has 3 rings (SSSR count). The summed E-state index contributed by atoms with van der Waals surface area (Å²) in [6, 6.07) is 7.97. The Morgan fingerprint density at radius 3 is 1.80 bits per heavy atom. The Balaban J connectivity index is 1.65. The van der Waals surface area contributed by atoms with Gasteiger partial charge in [0.1, 0.15) is 5.78 Å². The number of alkyl halides is 6. The third-order valence-electron chi connectivity index (χ3n) is 7.32. The van der Waals surface area contributed by atoms with Gasteiger partial charge in [0.25, 0.3) is 0 Å². The maximum atomic E-state index is 14.2. The van der Waals surface area contributed by atoms with Gasteiger partial charge in [0.15, 0.2) is 5.69 Å². The average Bonchev–Trinajstić information content (AvgIpc) is 2.91. The van der Waals surface area contributed by atoms with Crippen molar-refractivity contribution in [1.29, 1.82) is 0 Å². The van der Waals surface area contributed by atoms with Crippen LogP contribution < -0.4 is 0 Å². The number of hydrogen-bond donors (Lipinski definition) is 0. The number of pyridine rings is 2. The van der Waals surface area contributed by atoms with Crippen LogP contribution in [0.2, 0.25) is 0 Å². The molecule has 0 amide bonds. The van der Waals surface area contributed by atoms with E-state index in [4.69, 9.17) is 0 Å². The highest BCUT2D eigenvalue weighted by molar-refractivity contribution is 5.91. The molecule has 0 unspecified atom stereocenters. The van der Waals surface area contributed by atoms with E-state index in [1.54, 1.807) is 19.1 Å². The Morgan fingerprint density at radius 1 is 0.707 bits per heavy atom. The van der Waals surface area contributed by atoms with Gasteiger partial charge in [-0.2, -0.15) is 26.3 Å². The molecule has 0 bridgehead atoms. The number of fused-ring (bicyclic) bond motifs is 1. The average molecular weight is 581 g/mol. The largest absolute Gasteiger partial charge is 0.434 e. The van der Waals surface area contributed by atoms with Crippen molar-refractivity contribution in [1.82, 2.24) is 9.97 Å². The summed E-state index contributed by atoms with van der Waals surface area (Å²) in [6.45, 7) is 1.62. The lowest BCUT2D eigenvalue weighted by atomic mass is 9.91. The lowest BCUT2D eigenvalue weighted by molar-refractivity contribution is -0.141.